The lowest BCUT2D eigenvalue weighted by molar-refractivity contribution is 0.597. The quantitative estimate of drug-likeness (QED) is 0.770. The number of nitriles is 1. The first-order valence-corrected chi connectivity index (χ1v) is 7.48. The van der Waals surface area contributed by atoms with Crippen molar-refractivity contribution < 1.29 is 12.8 Å². The van der Waals surface area contributed by atoms with Crippen LogP contribution < -0.4 is 4.90 Å². The first kappa shape index (κ1) is 12.8. The molecule has 0 N–H and O–H groups in total. The van der Waals surface area contributed by atoms with Crippen molar-refractivity contribution >= 4 is 15.5 Å². The topological polar surface area (TPSA) is 61.2 Å². The Kier molecular flexibility index (Phi) is 3.53. The molecule has 0 radical (unpaired) electrons. The van der Waals surface area contributed by atoms with Crippen molar-refractivity contribution in [1.82, 2.24) is 0 Å². The normalized spacial score (nSPS) is 19.0. The van der Waals surface area contributed by atoms with Crippen molar-refractivity contribution in [3.05, 3.63) is 29.6 Å². The van der Waals surface area contributed by atoms with E-state index in [0.717, 1.165) is 6.07 Å². The molecule has 4 nitrogen and oxygen atoms in total. The zero-order valence-electron chi connectivity index (χ0n) is 9.76. The molecule has 0 bridgehead atoms. The Morgan fingerprint density at radius 2 is 2.00 bits per heavy atom. The first-order chi connectivity index (χ1) is 8.50. The van der Waals surface area contributed by atoms with E-state index in [1.165, 1.54) is 6.07 Å². The van der Waals surface area contributed by atoms with E-state index in [9.17, 15) is 12.8 Å². The van der Waals surface area contributed by atoms with Crippen LogP contribution in [0.4, 0.5) is 10.1 Å². The molecule has 0 aliphatic carbocycles. The van der Waals surface area contributed by atoms with E-state index >= 15 is 0 Å². The molecule has 1 aliphatic heterocycles. The summed E-state index contributed by atoms with van der Waals surface area (Å²) in [5.74, 6) is -0.230. The number of nitrogens with zero attached hydrogens (tertiary/aromatic N) is 2. The summed E-state index contributed by atoms with van der Waals surface area (Å²) in [5, 5.41) is 8.79. The fourth-order valence-corrected chi connectivity index (χ4v) is 3.29. The molecule has 2 rings (SSSR count). The van der Waals surface area contributed by atoms with Crippen LogP contribution in [0, 0.1) is 17.1 Å². The van der Waals surface area contributed by atoms with Crippen molar-refractivity contribution in [2.45, 2.75) is 6.42 Å². The summed E-state index contributed by atoms with van der Waals surface area (Å²) in [5.41, 5.74) is 0.820. The summed E-state index contributed by atoms with van der Waals surface area (Å²) >= 11 is 0. The summed E-state index contributed by atoms with van der Waals surface area (Å²) in [4.78, 5) is 1.81. The summed E-state index contributed by atoms with van der Waals surface area (Å²) in [6, 6.07) is 5.98. The molecule has 6 heteroatoms. The standard InChI is InChI=1S/C12H13FN2O2S/c13-11-6-10(9-14)7-12(8-11)15-2-1-4-18(16,17)5-3-15/h6-8H,1-5H2. The molecule has 1 fully saturated rings. The summed E-state index contributed by atoms with van der Waals surface area (Å²) in [6.45, 7) is 0.907. The smallest absolute Gasteiger partial charge is 0.152 e. The highest BCUT2D eigenvalue weighted by Crippen LogP contribution is 2.20. The maximum absolute atomic E-state index is 13.3. The van der Waals surface area contributed by atoms with E-state index in [-0.39, 0.29) is 17.1 Å². The second-order valence-corrected chi connectivity index (χ2v) is 6.61. The van der Waals surface area contributed by atoms with Crippen LogP contribution in [-0.4, -0.2) is 33.0 Å². The van der Waals surface area contributed by atoms with Crippen LogP contribution >= 0.6 is 0 Å². The molecular formula is C12H13FN2O2S. The van der Waals surface area contributed by atoms with Gasteiger partial charge in [-0.25, -0.2) is 12.8 Å². The molecule has 1 aromatic carbocycles. The van der Waals surface area contributed by atoms with Gasteiger partial charge in [-0.05, 0) is 24.6 Å². The lowest BCUT2D eigenvalue weighted by atomic mass is 10.2. The predicted molar refractivity (Wildman–Crippen MR) is 66.6 cm³/mol. The van der Waals surface area contributed by atoms with E-state index in [1.54, 1.807) is 6.07 Å². The van der Waals surface area contributed by atoms with Gasteiger partial charge in [0, 0.05) is 18.8 Å². The Hall–Kier alpha value is -1.61. The molecule has 0 spiro atoms. The number of benzene rings is 1. The Morgan fingerprint density at radius 1 is 1.22 bits per heavy atom. The fourth-order valence-electron chi connectivity index (χ4n) is 2.02. The molecule has 0 aromatic heterocycles. The van der Waals surface area contributed by atoms with E-state index in [2.05, 4.69) is 0 Å². The zero-order valence-corrected chi connectivity index (χ0v) is 10.6. The average Bonchev–Trinajstić information content (AvgIpc) is 2.49. The number of sulfone groups is 1. The van der Waals surface area contributed by atoms with Crippen molar-refractivity contribution in [2.24, 2.45) is 0 Å². The van der Waals surface area contributed by atoms with Gasteiger partial charge in [0.05, 0.1) is 23.1 Å². The maximum atomic E-state index is 13.3. The van der Waals surface area contributed by atoms with Gasteiger partial charge >= 0.3 is 0 Å². The van der Waals surface area contributed by atoms with E-state index in [0.29, 0.717) is 25.2 Å². The highest BCUT2D eigenvalue weighted by Gasteiger charge is 2.19. The third kappa shape index (κ3) is 2.99. The summed E-state index contributed by atoms with van der Waals surface area (Å²) in [7, 11) is -2.99. The lowest BCUT2D eigenvalue weighted by Crippen LogP contribution is -2.26. The van der Waals surface area contributed by atoms with E-state index < -0.39 is 15.7 Å². The minimum absolute atomic E-state index is 0.0748. The van der Waals surface area contributed by atoms with Crippen LogP contribution in [0.3, 0.4) is 0 Å². The van der Waals surface area contributed by atoms with E-state index in [1.807, 2.05) is 11.0 Å². The van der Waals surface area contributed by atoms with Gasteiger partial charge in [-0.2, -0.15) is 5.26 Å². The number of rotatable bonds is 1. The lowest BCUT2D eigenvalue weighted by Gasteiger charge is -2.22. The second-order valence-electron chi connectivity index (χ2n) is 4.30. The molecule has 0 atom stereocenters. The van der Waals surface area contributed by atoms with Gasteiger partial charge in [0.25, 0.3) is 0 Å². The SMILES string of the molecule is N#Cc1cc(F)cc(N2CCCS(=O)(=O)CC2)c1. The molecule has 1 aliphatic rings. The number of halogens is 1. The van der Waals surface area contributed by atoms with Gasteiger partial charge in [0.15, 0.2) is 9.84 Å². The molecular weight excluding hydrogens is 255 g/mol. The van der Waals surface area contributed by atoms with Gasteiger partial charge in [-0.1, -0.05) is 0 Å². The largest absolute Gasteiger partial charge is 0.370 e. The highest BCUT2D eigenvalue weighted by atomic mass is 32.2. The fraction of sp³-hybridized carbons (Fsp3) is 0.417. The third-order valence-electron chi connectivity index (χ3n) is 2.93. The van der Waals surface area contributed by atoms with Crippen molar-refractivity contribution in [2.75, 3.05) is 29.5 Å². The number of anilines is 1. The van der Waals surface area contributed by atoms with Crippen LogP contribution in [0.2, 0.25) is 0 Å². The Morgan fingerprint density at radius 3 is 2.72 bits per heavy atom. The van der Waals surface area contributed by atoms with E-state index in [4.69, 9.17) is 5.26 Å². The monoisotopic (exact) mass is 268 g/mol. The van der Waals surface area contributed by atoms with Crippen LogP contribution in [0.25, 0.3) is 0 Å². The van der Waals surface area contributed by atoms with Crippen molar-refractivity contribution in [3.63, 3.8) is 0 Å². The Bertz CT molecular complexity index is 593. The van der Waals surface area contributed by atoms with Crippen molar-refractivity contribution in [1.29, 1.82) is 5.26 Å². The van der Waals surface area contributed by atoms with Gasteiger partial charge in [-0.15, -0.1) is 0 Å². The minimum atomic E-state index is -2.99. The second kappa shape index (κ2) is 4.94. The molecule has 1 heterocycles. The molecule has 1 saturated heterocycles. The molecule has 0 unspecified atom stereocenters. The highest BCUT2D eigenvalue weighted by molar-refractivity contribution is 7.91. The van der Waals surface area contributed by atoms with Gasteiger partial charge < -0.3 is 4.90 Å². The third-order valence-corrected chi connectivity index (χ3v) is 4.65. The zero-order chi connectivity index (χ0) is 13.2. The van der Waals surface area contributed by atoms with Crippen LogP contribution in [-0.2, 0) is 9.84 Å². The van der Waals surface area contributed by atoms with Crippen LogP contribution in [0.5, 0.6) is 0 Å². The first-order valence-electron chi connectivity index (χ1n) is 5.66. The summed E-state index contributed by atoms with van der Waals surface area (Å²) in [6.07, 6.45) is 0.529. The van der Waals surface area contributed by atoms with Crippen molar-refractivity contribution in [3.8, 4) is 6.07 Å². The number of hydrogen-bond donors (Lipinski definition) is 0. The molecule has 1 aromatic rings. The molecule has 0 amide bonds. The average molecular weight is 268 g/mol. The van der Waals surface area contributed by atoms with Gasteiger partial charge in [0.2, 0.25) is 0 Å². The molecule has 18 heavy (non-hydrogen) atoms. The maximum Gasteiger partial charge on any atom is 0.152 e. The molecule has 96 valence electrons. The minimum Gasteiger partial charge on any atom is -0.370 e. The Balaban J connectivity index is 2.27. The number of hydrogen-bond acceptors (Lipinski definition) is 4. The van der Waals surface area contributed by atoms with Gasteiger partial charge in [-0.3, -0.25) is 0 Å². The summed E-state index contributed by atoms with van der Waals surface area (Å²) < 4.78 is 36.3. The van der Waals surface area contributed by atoms with Crippen LogP contribution in [0.1, 0.15) is 12.0 Å². The Labute approximate surface area is 106 Å². The molecule has 0 saturated carbocycles. The van der Waals surface area contributed by atoms with Crippen LogP contribution in [0.15, 0.2) is 18.2 Å². The predicted octanol–water partition coefficient (Wildman–Crippen LogP) is 1.32. The van der Waals surface area contributed by atoms with Gasteiger partial charge in [0.1, 0.15) is 5.82 Å².